The molecular weight excluding hydrogens is 238 g/mol. The molecule has 19 heavy (non-hydrogen) atoms. The molecule has 106 valence electrons. The normalized spacial score (nSPS) is 22.8. The van der Waals surface area contributed by atoms with E-state index in [1.54, 1.807) is 0 Å². The van der Waals surface area contributed by atoms with Gasteiger partial charge in [0.15, 0.2) is 0 Å². The lowest BCUT2D eigenvalue weighted by atomic mass is 9.78. The monoisotopic (exact) mass is 263 g/mol. The topological polar surface area (TPSA) is 32.7 Å². The molecule has 1 atom stereocenters. The largest absolute Gasteiger partial charge is 0.394 e. The van der Waals surface area contributed by atoms with Gasteiger partial charge in [0.1, 0.15) is 0 Å². The molecule has 1 aromatic carbocycles. The smallest absolute Gasteiger partial charge is 0.0698 e. The van der Waals surface area contributed by atoms with Crippen molar-refractivity contribution < 1.29 is 9.84 Å². The molecule has 0 aromatic heterocycles. The van der Waals surface area contributed by atoms with E-state index in [4.69, 9.17) is 9.84 Å². The molecule has 0 radical (unpaired) electrons. The van der Waals surface area contributed by atoms with Crippen LogP contribution in [0.15, 0.2) is 30.3 Å². The Labute approximate surface area is 116 Å². The van der Waals surface area contributed by atoms with Gasteiger partial charge in [-0.25, -0.2) is 0 Å². The molecule has 0 spiro atoms. The number of hydrogen-bond acceptors (Lipinski definition) is 3. The molecule has 2 rings (SSSR count). The second-order valence-electron chi connectivity index (χ2n) is 6.02. The van der Waals surface area contributed by atoms with Gasteiger partial charge in [-0.3, -0.25) is 4.90 Å². The minimum atomic E-state index is 0.109. The van der Waals surface area contributed by atoms with Crippen LogP contribution in [-0.4, -0.2) is 49.5 Å². The van der Waals surface area contributed by atoms with Gasteiger partial charge in [-0.15, -0.1) is 0 Å². The summed E-state index contributed by atoms with van der Waals surface area (Å²) >= 11 is 0. The fourth-order valence-corrected chi connectivity index (χ4v) is 3.03. The molecule has 1 N–H and O–H groups in total. The fourth-order valence-electron chi connectivity index (χ4n) is 3.03. The number of ether oxygens (including phenoxy) is 1. The standard InChI is InChI=1S/C16H25NO2/c1-16(2)13-17(8-10-19-11-9-18)12-15(16)14-6-4-3-5-7-14/h3-7,15,18H,8-13H2,1-2H3. The number of benzene rings is 1. The number of aliphatic hydroxyl groups is 1. The summed E-state index contributed by atoms with van der Waals surface area (Å²) in [5.41, 5.74) is 1.74. The number of hydrogen-bond donors (Lipinski definition) is 1. The van der Waals surface area contributed by atoms with Gasteiger partial charge in [-0.1, -0.05) is 44.2 Å². The maximum absolute atomic E-state index is 8.69. The van der Waals surface area contributed by atoms with Crippen LogP contribution in [0.2, 0.25) is 0 Å². The first-order chi connectivity index (χ1) is 9.13. The lowest BCUT2D eigenvalue weighted by Crippen LogP contribution is -2.27. The number of aliphatic hydroxyl groups excluding tert-OH is 1. The van der Waals surface area contributed by atoms with Crippen molar-refractivity contribution in [2.45, 2.75) is 19.8 Å². The van der Waals surface area contributed by atoms with E-state index in [9.17, 15) is 0 Å². The minimum Gasteiger partial charge on any atom is -0.394 e. The molecule has 1 aliphatic rings. The van der Waals surface area contributed by atoms with Crippen molar-refractivity contribution in [3.8, 4) is 0 Å². The van der Waals surface area contributed by atoms with Crippen LogP contribution in [0.4, 0.5) is 0 Å². The van der Waals surface area contributed by atoms with Crippen LogP contribution in [0.5, 0.6) is 0 Å². The zero-order valence-electron chi connectivity index (χ0n) is 12.0. The predicted octanol–water partition coefficient (Wildman–Crippen LogP) is 2.12. The highest BCUT2D eigenvalue weighted by Crippen LogP contribution is 2.41. The Hall–Kier alpha value is -0.900. The van der Waals surface area contributed by atoms with E-state index in [-0.39, 0.29) is 6.61 Å². The molecule has 1 unspecified atom stereocenters. The molecule has 1 fully saturated rings. The first-order valence-electron chi connectivity index (χ1n) is 7.09. The van der Waals surface area contributed by atoms with E-state index < -0.39 is 0 Å². The Kier molecular flexibility index (Phi) is 4.97. The SMILES string of the molecule is CC1(C)CN(CCOCCO)CC1c1ccccc1. The molecular formula is C16H25NO2. The van der Waals surface area contributed by atoms with Crippen LogP contribution in [0.25, 0.3) is 0 Å². The van der Waals surface area contributed by atoms with Crippen LogP contribution in [0, 0.1) is 5.41 Å². The van der Waals surface area contributed by atoms with Gasteiger partial charge in [0, 0.05) is 25.6 Å². The van der Waals surface area contributed by atoms with Gasteiger partial charge in [-0.05, 0) is 11.0 Å². The zero-order chi connectivity index (χ0) is 13.7. The lowest BCUT2D eigenvalue weighted by Gasteiger charge is -2.26. The second kappa shape index (κ2) is 6.51. The highest BCUT2D eigenvalue weighted by atomic mass is 16.5. The number of likely N-dealkylation sites (tertiary alicyclic amines) is 1. The van der Waals surface area contributed by atoms with Crippen molar-refractivity contribution in [3.05, 3.63) is 35.9 Å². The molecule has 1 heterocycles. The van der Waals surface area contributed by atoms with Crippen LogP contribution in [-0.2, 0) is 4.74 Å². The van der Waals surface area contributed by atoms with Crippen LogP contribution in [0.3, 0.4) is 0 Å². The van der Waals surface area contributed by atoms with E-state index in [0.717, 1.165) is 19.6 Å². The summed E-state index contributed by atoms with van der Waals surface area (Å²) in [6, 6.07) is 10.8. The van der Waals surface area contributed by atoms with Crippen LogP contribution < -0.4 is 0 Å². The van der Waals surface area contributed by atoms with Gasteiger partial charge in [0.05, 0.1) is 19.8 Å². The molecule has 0 bridgehead atoms. The van der Waals surface area contributed by atoms with Crippen molar-refractivity contribution >= 4 is 0 Å². The summed E-state index contributed by atoms with van der Waals surface area (Å²) in [6.45, 7) is 9.11. The van der Waals surface area contributed by atoms with Crippen molar-refractivity contribution in [2.75, 3.05) is 39.5 Å². The fraction of sp³-hybridized carbons (Fsp3) is 0.625. The summed E-state index contributed by atoms with van der Waals surface area (Å²) in [4.78, 5) is 2.47. The van der Waals surface area contributed by atoms with Gasteiger partial charge >= 0.3 is 0 Å². The molecule has 0 aliphatic carbocycles. The zero-order valence-corrected chi connectivity index (χ0v) is 12.0. The van der Waals surface area contributed by atoms with Gasteiger partial charge in [0.2, 0.25) is 0 Å². The Balaban J connectivity index is 1.92. The summed E-state index contributed by atoms with van der Waals surface area (Å²) in [7, 11) is 0. The third kappa shape index (κ3) is 3.78. The Morgan fingerprint density at radius 1 is 1.26 bits per heavy atom. The summed E-state index contributed by atoms with van der Waals surface area (Å²) < 4.78 is 5.36. The molecule has 1 saturated heterocycles. The molecule has 1 aliphatic heterocycles. The van der Waals surface area contributed by atoms with E-state index in [0.29, 0.717) is 24.5 Å². The first kappa shape index (κ1) is 14.5. The maximum Gasteiger partial charge on any atom is 0.0698 e. The predicted molar refractivity (Wildman–Crippen MR) is 77.3 cm³/mol. The molecule has 0 saturated carbocycles. The van der Waals surface area contributed by atoms with Gasteiger partial charge in [0.25, 0.3) is 0 Å². The lowest BCUT2D eigenvalue weighted by molar-refractivity contribution is 0.0764. The second-order valence-corrected chi connectivity index (χ2v) is 6.02. The molecule has 3 heteroatoms. The Morgan fingerprint density at radius 3 is 2.68 bits per heavy atom. The van der Waals surface area contributed by atoms with Crippen LogP contribution in [0.1, 0.15) is 25.3 Å². The maximum atomic E-state index is 8.69. The van der Waals surface area contributed by atoms with Gasteiger partial charge in [-0.2, -0.15) is 0 Å². The third-order valence-electron chi connectivity index (χ3n) is 4.00. The summed E-state index contributed by atoms with van der Waals surface area (Å²) in [6.07, 6.45) is 0. The minimum absolute atomic E-state index is 0.109. The van der Waals surface area contributed by atoms with E-state index in [2.05, 4.69) is 49.1 Å². The highest BCUT2D eigenvalue weighted by Gasteiger charge is 2.39. The van der Waals surface area contributed by atoms with Crippen molar-refractivity contribution in [3.63, 3.8) is 0 Å². The Morgan fingerprint density at radius 2 is 2.00 bits per heavy atom. The number of nitrogens with zero attached hydrogens (tertiary/aromatic N) is 1. The quantitative estimate of drug-likeness (QED) is 0.798. The van der Waals surface area contributed by atoms with E-state index >= 15 is 0 Å². The summed E-state index contributed by atoms with van der Waals surface area (Å²) in [5.74, 6) is 0.589. The first-order valence-corrected chi connectivity index (χ1v) is 7.09. The van der Waals surface area contributed by atoms with E-state index in [1.165, 1.54) is 5.56 Å². The molecule has 3 nitrogen and oxygen atoms in total. The van der Waals surface area contributed by atoms with Crippen molar-refractivity contribution in [1.29, 1.82) is 0 Å². The third-order valence-corrected chi connectivity index (χ3v) is 4.00. The average molecular weight is 263 g/mol. The van der Waals surface area contributed by atoms with E-state index in [1.807, 2.05) is 0 Å². The molecule has 0 amide bonds. The summed E-state index contributed by atoms with van der Waals surface area (Å²) in [5, 5.41) is 8.69. The molecule has 1 aromatic rings. The van der Waals surface area contributed by atoms with Gasteiger partial charge < -0.3 is 9.84 Å². The van der Waals surface area contributed by atoms with Crippen molar-refractivity contribution in [2.24, 2.45) is 5.41 Å². The highest BCUT2D eigenvalue weighted by molar-refractivity contribution is 5.24. The van der Waals surface area contributed by atoms with Crippen molar-refractivity contribution in [1.82, 2.24) is 4.90 Å². The average Bonchev–Trinajstić information content (AvgIpc) is 2.71. The van der Waals surface area contributed by atoms with Crippen LogP contribution >= 0.6 is 0 Å². The Bertz CT molecular complexity index is 378. The number of rotatable bonds is 6.